The van der Waals surface area contributed by atoms with E-state index in [-0.39, 0.29) is 11.0 Å². The molecule has 7 heteroatoms. The Bertz CT molecular complexity index is 886. The lowest BCUT2D eigenvalue weighted by molar-refractivity contribution is -0.0303. The quantitative estimate of drug-likeness (QED) is 0.531. The molecule has 1 unspecified atom stereocenters. The lowest BCUT2D eigenvalue weighted by Gasteiger charge is -2.33. The van der Waals surface area contributed by atoms with Crippen LogP contribution in [0.5, 0.6) is 5.75 Å². The molecule has 0 aliphatic carbocycles. The van der Waals surface area contributed by atoms with Gasteiger partial charge >= 0.3 is 0 Å². The van der Waals surface area contributed by atoms with Crippen molar-refractivity contribution in [2.24, 2.45) is 5.92 Å². The van der Waals surface area contributed by atoms with Crippen LogP contribution in [0.4, 0.5) is 0 Å². The van der Waals surface area contributed by atoms with Crippen molar-refractivity contribution in [3.8, 4) is 5.75 Å². The summed E-state index contributed by atoms with van der Waals surface area (Å²) in [6.45, 7) is 8.65. The number of unbranched alkanes of at least 4 members (excludes halogenated alkanes) is 1. The molecule has 1 fully saturated rings. The van der Waals surface area contributed by atoms with E-state index in [1.54, 1.807) is 24.3 Å². The molecule has 170 valence electrons. The lowest BCUT2D eigenvalue weighted by Crippen LogP contribution is -2.39. The zero-order valence-corrected chi connectivity index (χ0v) is 19.3. The molecule has 0 amide bonds. The van der Waals surface area contributed by atoms with E-state index in [1.165, 1.54) is 5.56 Å². The number of hydrogen-bond acceptors (Lipinski definition) is 5. The van der Waals surface area contributed by atoms with Crippen molar-refractivity contribution in [2.75, 3.05) is 39.4 Å². The second-order valence-corrected chi connectivity index (χ2v) is 10.1. The molecule has 3 rings (SSSR count). The summed E-state index contributed by atoms with van der Waals surface area (Å²) in [6.07, 6.45) is 1.84. The van der Waals surface area contributed by atoms with Crippen LogP contribution in [0, 0.1) is 5.92 Å². The number of benzene rings is 2. The summed E-state index contributed by atoms with van der Waals surface area (Å²) in [5.41, 5.74) is 1.21. The number of nitrogens with one attached hydrogen (secondary N) is 1. The predicted octanol–water partition coefficient (Wildman–Crippen LogP) is 3.85. The van der Waals surface area contributed by atoms with Gasteiger partial charge in [-0.3, -0.25) is 4.90 Å². The average Bonchev–Trinajstić information content (AvgIpc) is 2.78. The fraction of sp³-hybridized carbons (Fsp3) is 0.500. The van der Waals surface area contributed by atoms with Gasteiger partial charge in [-0.25, -0.2) is 13.1 Å². The molecule has 1 aliphatic rings. The first-order valence-corrected chi connectivity index (χ1v) is 12.5. The maximum Gasteiger partial charge on any atom is 0.240 e. The second kappa shape index (κ2) is 11.6. The van der Waals surface area contributed by atoms with Crippen molar-refractivity contribution in [1.29, 1.82) is 0 Å². The van der Waals surface area contributed by atoms with Gasteiger partial charge in [-0.05, 0) is 55.1 Å². The summed E-state index contributed by atoms with van der Waals surface area (Å²) >= 11 is 0. The van der Waals surface area contributed by atoms with Crippen LogP contribution in [0.15, 0.2) is 59.5 Å². The molecular weight excluding hydrogens is 412 g/mol. The van der Waals surface area contributed by atoms with Crippen molar-refractivity contribution in [3.63, 3.8) is 0 Å². The molecule has 2 aromatic carbocycles. The van der Waals surface area contributed by atoms with Crippen LogP contribution in [0.3, 0.4) is 0 Å². The maximum atomic E-state index is 12.5. The molecule has 0 spiro atoms. The van der Waals surface area contributed by atoms with Crippen molar-refractivity contribution in [1.82, 2.24) is 9.62 Å². The van der Waals surface area contributed by atoms with E-state index in [4.69, 9.17) is 9.47 Å². The average molecular weight is 447 g/mol. The third-order valence-corrected chi connectivity index (χ3v) is 6.71. The molecule has 2 aromatic rings. The maximum absolute atomic E-state index is 12.5. The molecule has 1 N–H and O–H groups in total. The van der Waals surface area contributed by atoms with Crippen LogP contribution in [0.2, 0.25) is 0 Å². The summed E-state index contributed by atoms with van der Waals surface area (Å²) in [4.78, 5) is 2.66. The van der Waals surface area contributed by atoms with Crippen LogP contribution in [-0.2, 0) is 14.8 Å². The Morgan fingerprint density at radius 1 is 1.10 bits per heavy atom. The Morgan fingerprint density at radius 3 is 2.55 bits per heavy atom. The second-order valence-electron chi connectivity index (χ2n) is 8.35. The number of hydrogen-bond donors (Lipinski definition) is 1. The number of morpholine rings is 1. The molecule has 1 atom stereocenters. The molecule has 6 nitrogen and oxygen atoms in total. The van der Waals surface area contributed by atoms with Crippen molar-refractivity contribution in [2.45, 2.75) is 37.7 Å². The van der Waals surface area contributed by atoms with Crippen LogP contribution < -0.4 is 9.46 Å². The first-order valence-electron chi connectivity index (χ1n) is 11.1. The van der Waals surface area contributed by atoms with Crippen LogP contribution in [0.1, 0.15) is 38.4 Å². The largest absolute Gasteiger partial charge is 0.493 e. The van der Waals surface area contributed by atoms with Gasteiger partial charge in [-0.15, -0.1) is 0 Å². The summed E-state index contributed by atoms with van der Waals surface area (Å²) in [7, 11) is -3.50. The molecule has 1 heterocycles. The zero-order chi connectivity index (χ0) is 22.1. The molecule has 1 saturated heterocycles. The Hall–Kier alpha value is -1.93. The highest BCUT2D eigenvalue weighted by Crippen LogP contribution is 2.22. The Kier molecular flexibility index (Phi) is 8.90. The molecular formula is C24H34N2O4S. The van der Waals surface area contributed by atoms with E-state index in [2.05, 4.69) is 35.6 Å². The van der Waals surface area contributed by atoms with E-state index in [1.807, 2.05) is 18.2 Å². The first kappa shape index (κ1) is 23.7. The molecule has 1 aliphatic heterocycles. The Balaban J connectivity index is 1.38. The van der Waals surface area contributed by atoms with Gasteiger partial charge < -0.3 is 9.47 Å². The standard InChI is InChI=1S/C24H34N2O4S/c1-20(2)19-30-22-10-12-23(13-11-22)31(27,28)25-14-6-7-15-26-16-17-29-24(18-26)21-8-4-3-5-9-21/h3-5,8-13,20,24-25H,6-7,14-19H2,1-2H3. The van der Waals surface area contributed by atoms with Gasteiger partial charge in [0, 0.05) is 19.6 Å². The van der Waals surface area contributed by atoms with E-state index >= 15 is 0 Å². The number of rotatable bonds is 11. The Labute approximate surface area is 186 Å². The minimum absolute atomic E-state index is 0.112. The monoisotopic (exact) mass is 446 g/mol. The molecule has 0 saturated carbocycles. The van der Waals surface area contributed by atoms with Gasteiger partial charge in [0.2, 0.25) is 10.0 Å². The predicted molar refractivity (Wildman–Crippen MR) is 123 cm³/mol. The Morgan fingerprint density at radius 2 is 1.84 bits per heavy atom. The summed E-state index contributed by atoms with van der Waals surface area (Å²) in [5, 5.41) is 0. The highest BCUT2D eigenvalue weighted by atomic mass is 32.2. The highest BCUT2D eigenvalue weighted by Gasteiger charge is 2.21. The van der Waals surface area contributed by atoms with Crippen molar-refractivity contribution < 1.29 is 17.9 Å². The van der Waals surface area contributed by atoms with Gasteiger partial charge in [-0.2, -0.15) is 0 Å². The summed E-state index contributed by atoms with van der Waals surface area (Å²) in [6, 6.07) is 16.9. The highest BCUT2D eigenvalue weighted by molar-refractivity contribution is 7.89. The van der Waals surface area contributed by atoms with Crippen molar-refractivity contribution >= 4 is 10.0 Å². The van der Waals surface area contributed by atoms with Crippen LogP contribution >= 0.6 is 0 Å². The molecule has 0 aromatic heterocycles. The number of ether oxygens (including phenoxy) is 2. The number of nitrogens with zero attached hydrogens (tertiary/aromatic N) is 1. The van der Waals surface area contributed by atoms with Gasteiger partial charge in [-0.1, -0.05) is 44.2 Å². The van der Waals surface area contributed by atoms with Gasteiger partial charge in [0.1, 0.15) is 5.75 Å². The van der Waals surface area contributed by atoms with E-state index in [0.717, 1.165) is 39.1 Å². The summed E-state index contributed by atoms with van der Waals surface area (Å²) in [5.74, 6) is 1.11. The van der Waals surface area contributed by atoms with Crippen molar-refractivity contribution in [3.05, 3.63) is 60.2 Å². The SMILES string of the molecule is CC(C)COc1ccc(S(=O)(=O)NCCCCN2CCOC(c3ccccc3)C2)cc1. The minimum Gasteiger partial charge on any atom is -0.493 e. The van der Waals surface area contributed by atoms with E-state index in [0.29, 0.717) is 24.8 Å². The smallest absolute Gasteiger partial charge is 0.240 e. The summed E-state index contributed by atoms with van der Waals surface area (Å²) < 4.78 is 39.2. The van der Waals surface area contributed by atoms with Gasteiger partial charge in [0.05, 0.1) is 24.2 Å². The third kappa shape index (κ3) is 7.61. The molecule has 0 radical (unpaired) electrons. The topological polar surface area (TPSA) is 67.9 Å². The third-order valence-electron chi connectivity index (χ3n) is 5.23. The normalized spacial score (nSPS) is 17.7. The van der Waals surface area contributed by atoms with E-state index < -0.39 is 10.0 Å². The number of sulfonamides is 1. The van der Waals surface area contributed by atoms with Crippen LogP contribution in [0.25, 0.3) is 0 Å². The van der Waals surface area contributed by atoms with Crippen LogP contribution in [-0.4, -0.2) is 52.7 Å². The van der Waals surface area contributed by atoms with E-state index in [9.17, 15) is 8.42 Å². The fourth-order valence-electron chi connectivity index (χ4n) is 3.50. The zero-order valence-electron chi connectivity index (χ0n) is 18.5. The minimum atomic E-state index is -3.50. The molecule has 31 heavy (non-hydrogen) atoms. The van der Waals surface area contributed by atoms with Gasteiger partial charge in [0.15, 0.2) is 0 Å². The first-order chi connectivity index (χ1) is 14.9. The molecule has 0 bridgehead atoms. The van der Waals surface area contributed by atoms with Gasteiger partial charge in [0.25, 0.3) is 0 Å². The fourth-order valence-corrected chi connectivity index (χ4v) is 4.58. The lowest BCUT2D eigenvalue weighted by atomic mass is 10.1.